The van der Waals surface area contributed by atoms with Crippen molar-refractivity contribution in [1.29, 1.82) is 0 Å². The van der Waals surface area contributed by atoms with E-state index in [2.05, 4.69) is 10.6 Å². The summed E-state index contributed by atoms with van der Waals surface area (Å²) < 4.78 is 32.2. The van der Waals surface area contributed by atoms with Crippen LogP contribution in [0.15, 0.2) is 42.5 Å². The molecule has 2 unspecified atom stereocenters. The number of hydrogen-bond donors (Lipinski definition) is 3. The van der Waals surface area contributed by atoms with E-state index in [1.165, 1.54) is 17.9 Å². The van der Waals surface area contributed by atoms with Crippen LogP contribution in [0.2, 0.25) is 0 Å². The van der Waals surface area contributed by atoms with Crippen molar-refractivity contribution in [3.63, 3.8) is 0 Å². The van der Waals surface area contributed by atoms with E-state index in [9.17, 15) is 23.5 Å². The van der Waals surface area contributed by atoms with Crippen molar-refractivity contribution in [3.05, 3.63) is 53.8 Å². The number of halogens is 2. The summed E-state index contributed by atoms with van der Waals surface area (Å²) in [6.45, 7) is 1.75. The molecule has 0 saturated carbocycles. The SMILES string of the molecule is CC(=O)NCC1CN(c2ccc(-c3ccc(CC(O)NCCCF)cc3)c(F)c2)C(=O)O1. The van der Waals surface area contributed by atoms with Gasteiger partial charge in [-0.3, -0.25) is 19.4 Å². The van der Waals surface area contributed by atoms with Crippen LogP contribution in [0.4, 0.5) is 19.3 Å². The van der Waals surface area contributed by atoms with Crippen LogP contribution in [0.3, 0.4) is 0 Å². The van der Waals surface area contributed by atoms with Crippen molar-refractivity contribution in [2.75, 3.05) is 31.2 Å². The number of hydrogen-bond acceptors (Lipinski definition) is 5. The predicted octanol–water partition coefficient (Wildman–Crippen LogP) is 2.76. The topological polar surface area (TPSA) is 90.9 Å². The van der Waals surface area contributed by atoms with Crippen molar-refractivity contribution in [2.24, 2.45) is 0 Å². The monoisotopic (exact) mass is 447 g/mol. The van der Waals surface area contributed by atoms with Crippen LogP contribution in [0.5, 0.6) is 0 Å². The predicted molar refractivity (Wildman–Crippen MR) is 116 cm³/mol. The maximum Gasteiger partial charge on any atom is 0.414 e. The number of rotatable bonds is 10. The molecule has 3 rings (SSSR count). The van der Waals surface area contributed by atoms with Crippen molar-refractivity contribution in [1.82, 2.24) is 10.6 Å². The number of cyclic esters (lactones) is 1. The van der Waals surface area contributed by atoms with Gasteiger partial charge in [0.2, 0.25) is 5.91 Å². The second-order valence-electron chi connectivity index (χ2n) is 7.63. The molecular formula is C23H27F2N3O4. The van der Waals surface area contributed by atoms with Crippen molar-refractivity contribution in [3.8, 4) is 11.1 Å². The maximum atomic E-state index is 14.8. The van der Waals surface area contributed by atoms with Gasteiger partial charge in [0, 0.05) is 18.9 Å². The Morgan fingerprint density at radius 3 is 2.69 bits per heavy atom. The Morgan fingerprint density at radius 2 is 2.03 bits per heavy atom. The van der Waals surface area contributed by atoms with Crippen LogP contribution in [0.1, 0.15) is 18.9 Å². The molecule has 9 heteroatoms. The number of alkyl halides is 1. The molecule has 172 valence electrons. The quantitative estimate of drug-likeness (QED) is 0.385. The zero-order valence-corrected chi connectivity index (χ0v) is 17.8. The highest BCUT2D eigenvalue weighted by molar-refractivity contribution is 5.90. The molecule has 2 aromatic carbocycles. The van der Waals surface area contributed by atoms with E-state index in [0.29, 0.717) is 36.2 Å². The largest absolute Gasteiger partial charge is 0.442 e. The van der Waals surface area contributed by atoms with Crippen LogP contribution in [0.25, 0.3) is 11.1 Å². The minimum absolute atomic E-state index is 0.199. The fourth-order valence-corrected chi connectivity index (χ4v) is 3.45. The average Bonchev–Trinajstić information content (AvgIpc) is 3.14. The lowest BCUT2D eigenvalue weighted by atomic mass is 10.0. The van der Waals surface area contributed by atoms with Crippen molar-refractivity contribution < 1.29 is 28.2 Å². The summed E-state index contributed by atoms with van der Waals surface area (Å²) in [7, 11) is 0. The average molecular weight is 447 g/mol. The molecule has 2 amide bonds. The molecule has 1 saturated heterocycles. The number of aliphatic hydroxyl groups is 1. The van der Waals surface area contributed by atoms with Gasteiger partial charge in [-0.15, -0.1) is 0 Å². The third-order valence-electron chi connectivity index (χ3n) is 5.10. The summed E-state index contributed by atoms with van der Waals surface area (Å²) in [6.07, 6.45) is -1.17. The van der Waals surface area contributed by atoms with Gasteiger partial charge >= 0.3 is 6.09 Å². The van der Waals surface area contributed by atoms with E-state index in [4.69, 9.17) is 4.74 Å². The van der Waals surface area contributed by atoms with Crippen LogP contribution in [0, 0.1) is 5.82 Å². The molecule has 3 N–H and O–H groups in total. The highest BCUT2D eigenvalue weighted by Crippen LogP contribution is 2.29. The molecular weight excluding hydrogens is 420 g/mol. The summed E-state index contributed by atoms with van der Waals surface area (Å²) in [5.41, 5.74) is 2.27. The van der Waals surface area contributed by atoms with Crippen LogP contribution in [-0.4, -0.2) is 55.7 Å². The van der Waals surface area contributed by atoms with Gasteiger partial charge in [-0.05, 0) is 42.3 Å². The zero-order valence-electron chi connectivity index (χ0n) is 17.8. The Hall–Kier alpha value is -3.04. The standard InChI is InChI=1S/C23H27F2N3O4/c1-15(29)27-13-19-14-28(23(31)32-19)18-7-8-20(21(25)12-18)17-5-3-16(4-6-17)11-22(30)26-10-2-9-24/h3-8,12,19,22,26,30H,2,9-11,13-14H2,1H3,(H,27,29). The second-order valence-corrected chi connectivity index (χ2v) is 7.63. The summed E-state index contributed by atoms with van der Waals surface area (Å²) >= 11 is 0. The number of carbonyl (C=O) groups is 2. The molecule has 2 atom stereocenters. The summed E-state index contributed by atoms with van der Waals surface area (Å²) in [4.78, 5) is 24.5. The number of nitrogens with one attached hydrogen (secondary N) is 2. The number of nitrogens with zero attached hydrogens (tertiary/aromatic N) is 1. The Labute approximate surface area is 185 Å². The van der Waals surface area contributed by atoms with E-state index in [-0.39, 0.29) is 19.0 Å². The molecule has 1 aliphatic rings. The molecule has 0 aliphatic carbocycles. The molecule has 7 nitrogen and oxygen atoms in total. The number of ether oxygens (including phenoxy) is 1. The first-order valence-corrected chi connectivity index (χ1v) is 10.5. The van der Waals surface area contributed by atoms with Crippen LogP contribution < -0.4 is 15.5 Å². The highest BCUT2D eigenvalue weighted by Gasteiger charge is 2.32. The van der Waals surface area contributed by atoms with E-state index in [1.807, 2.05) is 0 Å². The molecule has 2 aromatic rings. The van der Waals surface area contributed by atoms with Crippen molar-refractivity contribution >= 4 is 17.7 Å². The van der Waals surface area contributed by atoms with E-state index in [0.717, 1.165) is 5.56 Å². The van der Waals surface area contributed by atoms with E-state index >= 15 is 0 Å². The first-order valence-electron chi connectivity index (χ1n) is 10.5. The lowest BCUT2D eigenvalue weighted by Crippen LogP contribution is -2.33. The van der Waals surface area contributed by atoms with Gasteiger partial charge in [-0.1, -0.05) is 24.3 Å². The highest BCUT2D eigenvalue weighted by atomic mass is 19.1. The number of aliphatic hydroxyl groups excluding tert-OH is 1. The first kappa shape index (κ1) is 23.6. The molecule has 32 heavy (non-hydrogen) atoms. The second kappa shape index (κ2) is 11.0. The van der Waals surface area contributed by atoms with Crippen LogP contribution in [-0.2, 0) is 16.0 Å². The van der Waals surface area contributed by atoms with Gasteiger partial charge in [0.05, 0.1) is 25.5 Å². The Morgan fingerprint density at radius 1 is 1.28 bits per heavy atom. The Balaban J connectivity index is 1.64. The molecule has 0 bridgehead atoms. The number of anilines is 1. The normalized spacial score (nSPS) is 16.7. The minimum Gasteiger partial charge on any atom is -0.442 e. The molecule has 1 fully saturated rings. The summed E-state index contributed by atoms with van der Waals surface area (Å²) in [6, 6.07) is 11.6. The number of carbonyl (C=O) groups excluding carboxylic acids is 2. The molecule has 0 radical (unpaired) electrons. The lowest BCUT2D eigenvalue weighted by molar-refractivity contribution is -0.119. The lowest BCUT2D eigenvalue weighted by Gasteiger charge is -2.15. The van der Waals surface area contributed by atoms with Crippen molar-refractivity contribution in [2.45, 2.75) is 32.1 Å². The van der Waals surface area contributed by atoms with E-state index < -0.39 is 30.9 Å². The fourth-order valence-electron chi connectivity index (χ4n) is 3.45. The molecule has 0 spiro atoms. The Bertz CT molecular complexity index is 939. The third kappa shape index (κ3) is 6.24. The zero-order chi connectivity index (χ0) is 23.1. The summed E-state index contributed by atoms with van der Waals surface area (Å²) in [5, 5.41) is 15.4. The maximum absolute atomic E-state index is 14.8. The van der Waals surface area contributed by atoms with Gasteiger partial charge < -0.3 is 15.2 Å². The number of amides is 2. The van der Waals surface area contributed by atoms with Gasteiger partial charge in [0.15, 0.2) is 0 Å². The van der Waals surface area contributed by atoms with Gasteiger partial charge in [0.1, 0.15) is 18.1 Å². The Kier molecular flexibility index (Phi) is 8.13. The van der Waals surface area contributed by atoms with E-state index in [1.54, 1.807) is 36.4 Å². The van der Waals surface area contributed by atoms with Crippen LogP contribution >= 0.6 is 0 Å². The third-order valence-corrected chi connectivity index (χ3v) is 5.10. The first-order chi connectivity index (χ1) is 15.4. The molecule has 1 heterocycles. The smallest absolute Gasteiger partial charge is 0.414 e. The number of benzene rings is 2. The molecule has 1 aliphatic heterocycles. The molecule has 0 aromatic heterocycles. The summed E-state index contributed by atoms with van der Waals surface area (Å²) in [5.74, 6) is -0.704. The fraction of sp³-hybridized carbons (Fsp3) is 0.391. The van der Waals surface area contributed by atoms with Gasteiger partial charge in [-0.25, -0.2) is 9.18 Å². The van der Waals surface area contributed by atoms with Gasteiger partial charge in [-0.2, -0.15) is 0 Å². The van der Waals surface area contributed by atoms with Gasteiger partial charge in [0.25, 0.3) is 0 Å². The minimum atomic E-state index is -0.780.